The van der Waals surface area contributed by atoms with Crippen molar-refractivity contribution in [2.45, 2.75) is 46.0 Å². The number of nitrogens with one attached hydrogen (secondary N) is 1. The smallest absolute Gasteiger partial charge is 0.410 e. The highest BCUT2D eigenvalue weighted by atomic mass is 79.9. The third kappa shape index (κ3) is 9.48. The highest BCUT2D eigenvalue weighted by Gasteiger charge is 2.18. The Labute approximate surface area is 159 Å². The lowest BCUT2D eigenvalue weighted by Crippen LogP contribution is -2.42. The van der Waals surface area contributed by atoms with Crippen LogP contribution < -0.4 is 5.32 Å². The number of rotatable bonds is 11. The zero-order valence-electron chi connectivity index (χ0n) is 15.2. The topological polar surface area (TPSA) is 58.6 Å². The lowest BCUT2D eigenvalue weighted by Gasteiger charge is -2.22. The Morgan fingerprint density at radius 1 is 1.12 bits per heavy atom. The molecule has 1 aromatic rings. The summed E-state index contributed by atoms with van der Waals surface area (Å²) in [4.78, 5) is 25.8. The third-order valence-electron chi connectivity index (χ3n) is 3.75. The number of hydrogen-bond acceptors (Lipinski definition) is 3. The van der Waals surface area contributed by atoms with Crippen molar-refractivity contribution in [3.63, 3.8) is 0 Å². The van der Waals surface area contributed by atoms with Crippen LogP contribution in [0, 0.1) is 0 Å². The van der Waals surface area contributed by atoms with E-state index in [9.17, 15) is 9.59 Å². The normalized spacial score (nSPS) is 10.4. The molecule has 0 atom stereocenters. The first-order valence-electron chi connectivity index (χ1n) is 8.99. The Balaban J connectivity index is 2.57. The molecule has 25 heavy (non-hydrogen) atoms. The van der Waals surface area contributed by atoms with E-state index < -0.39 is 6.09 Å². The SMILES string of the molecule is CCCCNC(=O)CN(CCc1ccc(Br)cc1)C(=O)OCCCC. The molecule has 1 aromatic carbocycles. The number of halogens is 1. The minimum atomic E-state index is -0.420. The van der Waals surface area contributed by atoms with Crippen LogP contribution in [0.2, 0.25) is 0 Å². The zero-order valence-corrected chi connectivity index (χ0v) is 16.8. The Morgan fingerprint density at radius 3 is 2.44 bits per heavy atom. The second-order valence-corrected chi connectivity index (χ2v) is 6.89. The predicted octanol–water partition coefficient (Wildman–Crippen LogP) is 4.15. The number of hydrogen-bond donors (Lipinski definition) is 1. The van der Waals surface area contributed by atoms with Crippen LogP contribution in [0.25, 0.3) is 0 Å². The summed E-state index contributed by atoms with van der Waals surface area (Å²) >= 11 is 3.41. The molecule has 0 fully saturated rings. The maximum absolute atomic E-state index is 12.3. The van der Waals surface area contributed by atoms with Gasteiger partial charge in [-0.2, -0.15) is 0 Å². The van der Waals surface area contributed by atoms with E-state index in [1.54, 1.807) is 0 Å². The number of amides is 2. The molecule has 0 saturated heterocycles. The maximum Gasteiger partial charge on any atom is 0.410 e. The number of carbonyl (C=O) groups is 2. The summed E-state index contributed by atoms with van der Waals surface area (Å²) in [5.41, 5.74) is 1.11. The average molecular weight is 413 g/mol. The van der Waals surface area contributed by atoms with Crippen molar-refractivity contribution in [2.75, 3.05) is 26.2 Å². The predicted molar refractivity (Wildman–Crippen MR) is 104 cm³/mol. The highest BCUT2D eigenvalue weighted by molar-refractivity contribution is 9.10. The molecule has 0 saturated carbocycles. The number of nitrogens with zero attached hydrogens (tertiary/aromatic N) is 1. The lowest BCUT2D eigenvalue weighted by atomic mass is 10.1. The van der Waals surface area contributed by atoms with Crippen LogP contribution in [-0.4, -0.2) is 43.1 Å². The molecule has 0 unspecified atom stereocenters. The van der Waals surface area contributed by atoms with E-state index in [0.29, 0.717) is 26.1 Å². The van der Waals surface area contributed by atoms with Gasteiger partial charge in [0, 0.05) is 17.6 Å². The molecular formula is C19H29BrN2O3. The third-order valence-corrected chi connectivity index (χ3v) is 4.28. The molecule has 1 N–H and O–H groups in total. The van der Waals surface area contributed by atoms with E-state index in [2.05, 4.69) is 28.2 Å². The van der Waals surface area contributed by atoms with E-state index in [0.717, 1.165) is 35.7 Å². The maximum atomic E-state index is 12.3. The highest BCUT2D eigenvalue weighted by Crippen LogP contribution is 2.11. The van der Waals surface area contributed by atoms with Crippen LogP contribution in [0.3, 0.4) is 0 Å². The molecule has 5 nitrogen and oxygen atoms in total. The number of carbonyl (C=O) groups excluding carboxylic acids is 2. The van der Waals surface area contributed by atoms with Crippen molar-refractivity contribution in [1.29, 1.82) is 0 Å². The van der Waals surface area contributed by atoms with Crippen molar-refractivity contribution in [1.82, 2.24) is 10.2 Å². The standard InChI is InChI=1S/C19H29BrN2O3/c1-3-5-12-21-18(23)15-22(19(24)25-14-6-4-2)13-11-16-7-9-17(20)10-8-16/h7-10H,3-6,11-15H2,1-2H3,(H,21,23). The van der Waals surface area contributed by atoms with Gasteiger partial charge in [0.1, 0.15) is 6.54 Å². The van der Waals surface area contributed by atoms with Crippen LogP contribution in [0.15, 0.2) is 28.7 Å². The van der Waals surface area contributed by atoms with E-state index >= 15 is 0 Å². The van der Waals surface area contributed by atoms with Crippen molar-refractivity contribution in [3.05, 3.63) is 34.3 Å². The van der Waals surface area contributed by atoms with Gasteiger partial charge in [-0.1, -0.05) is 54.8 Å². The van der Waals surface area contributed by atoms with Gasteiger partial charge in [0.25, 0.3) is 0 Å². The van der Waals surface area contributed by atoms with Gasteiger partial charge in [0.05, 0.1) is 6.61 Å². The fourth-order valence-electron chi connectivity index (χ4n) is 2.18. The molecule has 2 amide bonds. The van der Waals surface area contributed by atoms with Gasteiger partial charge in [-0.05, 0) is 37.0 Å². The molecule has 6 heteroatoms. The summed E-state index contributed by atoms with van der Waals surface area (Å²) in [6.45, 7) is 5.63. The monoisotopic (exact) mass is 412 g/mol. The van der Waals surface area contributed by atoms with Gasteiger partial charge in [-0.25, -0.2) is 4.79 Å². The first kappa shape index (κ1) is 21.5. The Hall–Kier alpha value is -1.56. The summed E-state index contributed by atoms with van der Waals surface area (Å²) < 4.78 is 6.29. The Morgan fingerprint density at radius 2 is 1.80 bits per heavy atom. The zero-order chi connectivity index (χ0) is 18.5. The second-order valence-electron chi connectivity index (χ2n) is 5.97. The average Bonchev–Trinajstić information content (AvgIpc) is 2.60. The van der Waals surface area contributed by atoms with Gasteiger partial charge in [0.15, 0.2) is 0 Å². The van der Waals surface area contributed by atoms with Crippen LogP contribution in [0.1, 0.15) is 45.1 Å². The fraction of sp³-hybridized carbons (Fsp3) is 0.579. The summed E-state index contributed by atoms with van der Waals surface area (Å²) in [5.74, 6) is -0.142. The van der Waals surface area contributed by atoms with Gasteiger partial charge in [0.2, 0.25) is 5.91 Å². The van der Waals surface area contributed by atoms with Crippen molar-refractivity contribution < 1.29 is 14.3 Å². The molecule has 0 radical (unpaired) electrons. The summed E-state index contributed by atoms with van der Waals surface area (Å²) in [6.07, 6.45) is 4.01. The van der Waals surface area contributed by atoms with Gasteiger partial charge < -0.3 is 10.1 Å². The second kappa shape index (κ2) is 12.8. The van der Waals surface area contributed by atoms with E-state index in [1.165, 1.54) is 4.90 Å². The molecule has 0 bridgehead atoms. The first-order chi connectivity index (χ1) is 12.1. The molecule has 0 aliphatic rings. The van der Waals surface area contributed by atoms with Crippen molar-refractivity contribution in [2.24, 2.45) is 0 Å². The summed E-state index contributed by atoms with van der Waals surface area (Å²) in [6, 6.07) is 7.95. The van der Waals surface area contributed by atoms with E-state index in [1.807, 2.05) is 31.2 Å². The van der Waals surface area contributed by atoms with E-state index in [4.69, 9.17) is 4.74 Å². The minimum Gasteiger partial charge on any atom is -0.449 e. The van der Waals surface area contributed by atoms with Crippen LogP contribution >= 0.6 is 15.9 Å². The molecule has 0 spiro atoms. The van der Waals surface area contributed by atoms with Crippen LogP contribution in [-0.2, 0) is 16.0 Å². The number of benzene rings is 1. The van der Waals surface area contributed by atoms with Crippen LogP contribution in [0.5, 0.6) is 0 Å². The fourth-order valence-corrected chi connectivity index (χ4v) is 2.44. The number of ether oxygens (including phenoxy) is 1. The van der Waals surface area contributed by atoms with Gasteiger partial charge in [-0.15, -0.1) is 0 Å². The molecule has 0 heterocycles. The molecule has 0 aromatic heterocycles. The Kier molecular flexibility index (Phi) is 11.0. The number of unbranched alkanes of at least 4 members (excludes halogenated alkanes) is 2. The Bertz CT molecular complexity index is 520. The molecule has 140 valence electrons. The van der Waals surface area contributed by atoms with Crippen LogP contribution in [0.4, 0.5) is 4.79 Å². The van der Waals surface area contributed by atoms with Crippen molar-refractivity contribution in [3.8, 4) is 0 Å². The van der Waals surface area contributed by atoms with E-state index in [-0.39, 0.29) is 12.5 Å². The van der Waals surface area contributed by atoms with Crippen molar-refractivity contribution >= 4 is 27.9 Å². The molecular weight excluding hydrogens is 384 g/mol. The lowest BCUT2D eigenvalue weighted by molar-refractivity contribution is -0.122. The quantitative estimate of drug-likeness (QED) is 0.555. The van der Waals surface area contributed by atoms with Gasteiger partial charge in [-0.3, -0.25) is 9.69 Å². The minimum absolute atomic E-state index is 0.0329. The first-order valence-corrected chi connectivity index (χ1v) is 9.79. The molecule has 0 aliphatic heterocycles. The summed E-state index contributed by atoms with van der Waals surface area (Å²) in [5, 5.41) is 2.85. The molecule has 0 aliphatic carbocycles. The largest absolute Gasteiger partial charge is 0.449 e. The van der Waals surface area contributed by atoms with Gasteiger partial charge >= 0.3 is 6.09 Å². The molecule has 1 rings (SSSR count). The summed E-state index contributed by atoms with van der Waals surface area (Å²) in [7, 11) is 0.